The Morgan fingerprint density at radius 3 is 2.54 bits per heavy atom. The van der Waals surface area contributed by atoms with E-state index in [0.717, 1.165) is 28.1 Å². The molecule has 0 atom stereocenters. The van der Waals surface area contributed by atoms with Gasteiger partial charge in [0.1, 0.15) is 5.78 Å². The highest BCUT2D eigenvalue weighted by Gasteiger charge is 2.33. The van der Waals surface area contributed by atoms with Crippen LogP contribution in [0.1, 0.15) is 33.6 Å². The van der Waals surface area contributed by atoms with Crippen LogP contribution in [0.2, 0.25) is 0 Å². The summed E-state index contributed by atoms with van der Waals surface area (Å²) in [4.78, 5) is 26.6. The Labute approximate surface area is 142 Å². The van der Waals surface area contributed by atoms with Gasteiger partial charge >= 0.3 is 5.97 Å². The van der Waals surface area contributed by atoms with Gasteiger partial charge in [0.25, 0.3) is 0 Å². The van der Waals surface area contributed by atoms with Crippen LogP contribution in [0.15, 0.2) is 64.5 Å². The van der Waals surface area contributed by atoms with Crippen molar-refractivity contribution in [3.63, 3.8) is 0 Å². The lowest BCUT2D eigenvalue weighted by Crippen LogP contribution is -2.29. The molecule has 3 rings (SSSR count). The van der Waals surface area contributed by atoms with E-state index in [-0.39, 0.29) is 11.8 Å². The summed E-state index contributed by atoms with van der Waals surface area (Å²) in [6.45, 7) is 5.97. The Balaban J connectivity index is 2.18. The Kier molecular flexibility index (Phi) is 4.38. The zero-order valence-corrected chi connectivity index (χ0v) is 14.3. The summed E-state index contributed by atoms with van der Waals surface area (Å²) in [5, 5.41) is 0. The second-order valence-corrected chi connectivity index (χ2v) is 6.09. The summed E-state index contributed by atoms with van der Waals surface area (Å²) in [6, 6.07) is 9.82. The molecule has 1 aromatic rings. The number of esters is 1. The van der Waals surface area contributed by atoms with Crippen molar-refractivity contribution in [1.29, 1.82) is 0 Å². The van der Waals surface area contributed by atoms with E-state index in [4.69, 9.17) is 4.74 Å². The van der Waals surface area contributed by atoms with E-state index in [0.29, 0.717) is 25.0 Å². The number of fused-ring (bicyclic) bond motifs is 1. The van der Waals surface area contributed by atoms with Gasteiger partial charge in [-0.2, -0.15) is 0 Å². The third-order valence-corrected chi connectivity index (χ3v) is 4.37. The lowest BCUT2D eigenvalue weighted by Gasteiger charge is -2.34. The van der Waals surface area contributed by atoms with E-state index in [1.54, 1.807) is 6.92 Å². The number of hydrogen-bond acceptors (Lipinski definition) is 4. The summed E-state index contributed by atoms with van der Waals surface area (Å²) < 4.78 is 5.29. The normalized spacial score (nSPS) is 17.7. The number of carbonyl (C=O) groups excluding carboxylic acids is 2. The number of benzene rings is 1. The molecule has 0 N–H and O–H groups in total. The highest BCUT2D eigenvalue weighted by molar-refractivity contribution is 6.01. The van der Waals surface area contributed by atoms with Crippen LogP contribution in [0.25, 0.3) is 0 Å². The van der Waals surface area contributed by atoms with Gasteiger partial charge in [0.05, 0.1) is 12.2 Å². The fourth-order valence-corrected chi connectivity index (χ4v) is 3.37. The average Bonchev–Trinajstić information content (AvgIpc) is 2.55. The predicted molar refractivity (Wildman–Crippen MR) is 93.3 cm³/mol. The van der Waals surface area contributed by atoms with Gasteiger partial charge < -0.3 is 9.64 Å². The van der Waals surface area contributed by atoms with Crippen LogP contribution < -0.4 is 4.90 Å². The molecule has 1 heterocycles. The van der Waals surface area contributed by atoms with Crippen LogP contribution in [0.5, 0.6) is 0 Å². The highest BCUT2D eigenvalue weighted by atomic mass is 16.5. The van der Waals surface area contributed by atoms with E-state index in [1.807, 2.05) is 55.3 Å². The summed E-state index contributed by atoms with van der Waals surface area (Å²) in [7, 11) is 0. The number of allylic oxidation sites excluding steroid dienone is 3. The second kappa shape index (κ2) is 6.48. The molecule has 0 bridgehead atoms. The summed E-state index contributed by atoms with van der Waals surface area (Å²) in [5.41, 5.74) is 5.07. The molecule has 0 saturated heterocycles. The van der Waals surface area contributed by atoms with Crippen LogP contribution in [0.3, 0.4) is 0 Å². The van der Waals surface area contributed by atoms with E-state index < -0.39 is 0 Å². The largest absolute Gasteiger partial charge is 0.462 e. The first-order chi connectivity index (χ1) is 11.5. The first-order valence-corrected chi connectivity index (χ1v) is 8.18. The third kappa shape index (κ3) is 2.80. The summed E-state index contributed by atoms with van der Waals surface area (Å²) in [6.07, 6.45) is 2.73. The van der Waals surface area contributed by atoms with Crippen LogP contribution in [0.4, 0.5) is 5.69 Å². The summed E-state index contributed by atoms with van der Waals surface area (Å²) in [5.74, 6) is -0.150. The van der Waals surface area contributed by atoms with Gasteiger partial charge in [-0.3, -0.25) is 4.79 Å². The molecule has 1 aromatic carbocycles. The van der Waals surface area contributed by atoms with Gasteiger partial charge in [0, 0.05) is 30.4 Å². The van der Waals surface area contributed by atoms with Gasteiger partial charge in [0.15, 0.2) is 0 Å². The number of hydrogen-bond donors (Lipinski definition) is 0. The molecule has 124 valence electrons. The molecule has 0 saturated carbocycles. The van der Waals surface area contributed by atoms with Crippen molar-refractivity contribution in [2.45, 2.75) is 33.6 Å². The molecular formula is C20H21NO3. The molecule has 0 spiro atoms. The van der Waals surface area contributed by atoms with Crippen LogP contribution >= 0.6 is 0 Å². The minimum atomic E-state index is -0.328. The van der Waals surface area contributed by atoms with Gasteiger partial charge in [-0.15, -0.1) is 0 Å². The molecular weight excluding hydrogens is 302 g/mol. The Bertz CT molecular complexity index is 784. The highest BCUT2D eigenvalue weighted by Crippen LogP contribution is 2.40. The van der Waals surface area contributed by atoms with Crippen molar-refractivity contribution >= 4 is 17.4 Å². The maximum absolute atomic E-state index is 12.6. The van der Waals surface area contributed by atoms with Gasteiger partial charge in [-0.25, -0.2) is 4.79 Å². The third-order valence-electron chi connectivity index (χ3n) is 4.37. The predicted octanol–water partition coefficient (Wildman–Crippen LogP) is 3.91. The fraction of sp³-hybridized carbons (Fsp3) is 0.300. The van der Waals surface area contributed by atoms with E-state index in [1.165, 1.54) is 0 Å². The van der Waals surface area contributed by atoms with E-state index in [2.05, 4.69) is 0 Å². The standard InChI is InChI=1S/C20H21NO3/c1-4-24-20(23)19-14(3)21(16-8-6-5-7-9-16)12-15-11-17(22)10-13(2)18(15)19/h5-9,12H,4,10-11H2,1-3H3. The first-order valence-electron chi connectivity index (χ1n) is 8.18. The number of ether oxygens (including phenoxy) is 1. The van der Waals surface area contributed by atoms with E-state index >= 15 is 0 Å². The number of Topliss-reactive ketones (excluding diaryl/α,β-unsaturated/α-hetero) is 1. The van der Waals surface area contributed by atoms with Crippen molar-refractivity contribution < 1.29 is 14.3 Å². The smallest absolute Gasteiger partial charge is 0.340 e. The number of anilines is 1. The van der Waals surface area contributed by atoms with Gasteiger partial charge in [0.2, 0.25) is 0 Å². The second-order valence-electron chi connectivity index (χ2n) is 6.09. The number of carbonyl (C=O) groups is 2. The van der Waals surface area contributed by atoms with Crippen molar-refractivity contribution in [1.82, 2.24) is 0 Å². The Morgan fingerprint density at radius 1 is 1.17 bits per heavy atom. The van der Waals surface area contributed by atoms with Crippen molar-refractivity contribution in [3.05, 3.63) is 64.5 Å². The lowest BCUT2D eigenvalue weighted by atomic mass is 9.81. The van der Waals surface area contributed by atoms with Crippen LogP contribution in [0, 0.1) is 0 Å². The molecule has 0 aromatic heterocycles. The number of ketones is 1. The minimum Gasteiger partial charge on any atom is -0.462 e. The molecule has 1 aliphatic carbocycles. The number of rotatable bonds is 3. The molecule has 2 aliphatic rings. The SMILES string of the molecule is CCOC(=O)C1=C(C)N(c2ccccc2)C=C2CC(=O)CC(C)=C21. The Hall–Kier alpha value is -2.62. The van der Waals surface area contributed by atoms with E-state index in [9.17, 15) is 9.59 Å². The zero-order chi connectivity index (χ0) is 17.3. The molecule has 0 fully saturated rings. The van der Waals surface area contributed by atoms with Gasteiger partial charge in [-0.05, 0) is 44.1 Å². The molecule has 0 unspecified atom stereocenters. The lowest BCUT2D eigenvalue weighted by molar-refractivity contribution is -0.138. The number of para-hydroxylation sites is 1. The quantitative estimate of drug-likeness (QED) is 0.791. The zero-order valence-electron chi connectivity index (χ0n) is 14.3. The molecule has 4 nitrogen and oxygen atoms in total. The fourth-order valence-electron chi connectivity index (χ4n) is 3.37. The monoisotopic (exact) mass is 323 g/mol. The van der Waals surface area contributed by atoms with Gasteiger partial charge in [-0.1, -0.05) is 23.8 Å². The topological polar surface area (TPSA) is 46.6 Å². The molecule has 4 heteroatoms. The van der Waals surface area contributed by atoms with Crippen LogP contribution in [-0.4, -0.2) is 18.4 Å². The summed E-state index contributed by atoms with van der Waals surface area (Å²) >= 11 is 0. The molecule has 24 heavy (non-hydrogen) atoms. The molecule has 0 amide bonds. The maximum Gasteiger partial charge on any atom is 0.340 e. The van der Waals surface area contributed by atoms with Crippen molar-refractivity contribution in [3.8, 4) is 0 Å². The Morgan fingerprint density at radius 2 is 1.88 bits per heavy atom. The maximum atomic E-state index is 12.6. The minimum absolute atomic E-state index is 0.179. The number of nitrogens with zero attached hydrogens (tertiary/aromatic N) is 1. The van der Waals surface area contributed by atoms with Crippen LogP contribution in [-0.2, 0) is 14.3 Å². The first kappa shape index (κ1) is 16.2. The van der Waals surface area contributed by atoms with Crippen molar-refractivity contribution in [2.24, 2.45) is 0 Å². The average molecular weight is 323 g/mol. The molecule has 1 aliphatic heterocycles. The molecule has 0 radical (unpaired) electrons. The van der Waals surface area contributed by atoms with Crippen molar-refractivity contribution in [2.75, 3.05) is 11.5 Å².